The van der Waals surface area contributed by atoms with Gasteiger partial charge in [0.2, 0.25) is 0 Å². The molecule has 0 aliphatic heterocycles. The van der Waals surface area contributed by atoms with Crippen LogP contribution < -0.4 is 15.2 Å². The number of ether oxygens (including phenoxy) is 2. The van der Waals surface area contributed by atoms with Crippen molar-refractivity contribution in [2.75, 3.05) is 12.3 Å². The van der Waals surface area contributed by atoms with Crippen molar-refractivity contribution < 1.29 is 9.47 Å². The highest BCUT2D eigenvalue weighted by atomic mass is 16.5. The second kappa shape index (κ2) is 5.86. The van der Waals surface area contributed by atoms with Gasteiger partial charge in [-0.25, -0.2) is 4.98 Å². The topological polar surface area (TPSA) is 70.3 Å². The molecule has 2 aromatic rings. The van der Waals surface area contributed by atoms with Crippen LogP contribution in [0.15, 0.2) is 36.7 Å². The first-order valence-corrected chi connectivity index (χ1v) is 5.70. The van der Waals surface area contributed by atoms with Crippen molar-refractivity contribution in [2.24, 2.45) is 0 Å². The molecule has 0 saturated carbocycles. The van der Waals surface area contributed by atoms with E-state index in [2.05, 4.69) is 9.97 Å². The first kappa shape index (κ1) is 12.2. The number of para-hydroxylation sites is 2. The summed E-state index contributed by atoms with van der Waals surface area (Å²) < 4.78 is 11.1. The highest BCUT2D eigenvalue weighted by molar-refractivity contribution is 5.39. The molecule has 18 heavy (non-hydrogen) atoms. The fraction of sp³-hybridized carbons (Fsp3) is 0.231. The van der Waals surface area contributed by atoms with E-state index in [4.69, 9.17) is 15.2 Å². The molecular formula is C13H15N3O2. The number of nitrogens with two attached hydrogens (primary N) is 1. The largest absolute Gasteiger partial charge is 0.490 e. The summed E-state index contributed by atoms with van der Waals surface area (Å²) in [5.74, 6) is 1.81. The molecule has 5 heteroatoms. The summed E-state index contributed by atoms with van der Waals surface area (Å²) in [6, 6.07) is 7.52. The van der Waals surface area contributed by atoms with E-state index in [1.165, 1.54) is 6.20 Å². The monoisotopic (exact) mass is 245 g/mol. The molecule has 0 radical (unpaired) electrons. The van der Waals surface area contributed by atoms with Crippen molar-refractivity contribution in [1.82, 2.24) is 9.97 Å². The van der Waals surface area contributed by atoms with Crippen molar-refractivity contribution in [3.63, 3.8) is 0 Å². The lowest BCUT2D eigenvalue weighted by Crippen LogP contribution is -2.02. The Morgan fingerprint density at radius 3 is 2.39 bits per heavy atom. The van der Waals surface area contributed by atoms with Crippen molar-refractivity contribution in [2.45, 2.75) is 13.5 Å². The maximum atomic E-state index is 5.65. The van der Waals surface area contributed by atoms with Crippen LogP contribution in [0.1, 0.15) is 12.6 Å². The molecule has 0 aliphatic rings. The Morgan fingerprint density at radius 2 is 1.78 bits per heavy atom. The van der Waals surface area contributed by atoms with E-state index in [1.54, 1.807) is 6.20 Å². The SMILES string of the molecule is CCOc1ccccc1OCc1cnc(N)cn1. The lowest BCUT2D eigenvalue weighted by atomic mass is 10.3. The molecule has 1 aromatic carbocycles. The van der Waals surface area contributed by atoms with E-state index in [0.29, 0.717) is 24.8 Å². The first-order chi connectivity index (χ1) is 8.79. The number of anilines is 1. The number of benzene rings is 1. The molecule has 1 heterocycles. The molecule has 0 spiro atoms. The van der Waals surface area contributed by atoms with Crippen LogP contribution in [-0.4, -0.2) is 16.6 Å². The molecular weight excluding hydrogens is 230 g/mol. The Balaban J connectivity index is 2.03. The first-order valence-electron chi connectivity index (χ1n) is 5.70. The van der Waals surface area contributed by atoms with E-state index in [0.717, 1.165) is 11.4 Å². The van der Waals surface area contributed by atoms with Crippen molar-refractivity contribution in [1.29, 1.82) is 0 Å². The molecule has 0 aliphatic carbocycles. The van der Waals surface area contributed by atoms with E-state index in [9.17, 15) is 0 Å². The Morgan fingerprint density at radius 1 is 1.06 bits per heavy atom. The summed E-state index contributed by atoms with van der Waals surface area (Å²) in [7, 11) is 0. The Labute approximate surface area is 106 Å². The van der Waals surface area contributed by atoms with Gasteiger partial charge in [0.15, 0.2) is 11.5 Å². The Kier molecular flexibility index (Phi) is 3.96. The summed E-state index contributed by atoms with van der Waals surface area (Å²) in [5, 5.41) is 0. The van der Waals surface area contributed by atoms with Gasteiger partial charge < -0.3 is 15.2 Å². The molecule has 1 aromatic heterocycles. The predicted molar refractivity (Wildman–Crippen MR) is 68.4 cm³/mol. The fourth-order valence-electron chi connectivity index (χ4n) is 1.44. The minimum Gasteiger partial charge on any atom is -0.490 e. The second-order valence-corrected chi connectivity index (χ2v) is 3.60. The van der Waals surface area contributed by atoms with E-state index in [-0.39, 0.29) is 0 Å². The van der Waals surface area contributed by atoms with Crippen molar-refractivity contribution >= 4 is 5.82 Å². The van der Waals surface area contributed by atoms with Gasteiger partial charge in [0, 0.05) is 0 Å². The summed E-state index contributed by atoms with van der Waals surface area (Å²) >= 11 is 0. The number of nitrogens with zero attached hydrogens (tertiary/aromatic N) is 2. The normalized spacial score (nSPS) is 10.1. The third-order valence-electron chi connectivity index (χ3n) is 2.25. The third kappa shape index (κ3) is 3.10. The fourth-order valence-corrected chi connectivity index (χ4v) is 1.44. The van der Waals surface area contributed by atoms with Crippen LogP contribution in [0, 0.1) is 0 Å². The van der Waals surface area contributed by atoms with Crippen LogP contribution in [0.25, 0.3) is 0 Å². The molecule has 2 N–H and O–H groups in total. The zero-order valence-electron chi connectivity index (χ0n) is 10.2. The van der Waals surface area contributed by atoms with Crippen LogP contribution in [0.3, 0.4) is 0 Å². The van der Waals surface area contributed by atoms with Crippen molar-refractivity contribution in [3.05, 3.63) is 42.4 Å². The van der Waals surface area contributed by atoms with Gasteiger partial charge in [-0.3, -0.25) is 4.98 Å². The Hall–Kier alpha value is -2.30. The zero-order chi connectivity index (χ0) is 12.8. The maximum absolute atomic E-state index is 5.65. The summed E-state index contributed by atoms with van der Waals surface area (Å²) in [5.41, 5.74) is 6.18. The van der Waals surface area contributed by atoms with Gasteiger partial charge in [-0.1, -0.05) is 12.1 Å². The van der Waals surface area contributed by atoms with Gasteiger partial charge in [-0.05, 0) is 19.1 Å². The lowest BCUT2D eigenvalue weighted by molar-refractivity contribution is 0.266. The van der Waals surface area contributed by atoms with Gasteiger partial charge in [0.05, 0.1) is 24.7 Å². The van der Waals surface area contributed by atoms with Crippen LogP contribution in [0.2, 0.25) is 0 Å². The second-order valence-electron chi connectivity index (χ2n) is 3.60. The quantitative estimate of drug-likeness (QED) is 0.872. The van der Waals surface area contributed by atoms with Crippen LogP contribution >= 0.6 is 0 Å². The van der Waals surface area contributed by atoms with Gasteiger partial charge >= 0.3 is 0 Å². The molecule has 5 nitrogen and oxygen atoms in total. The summed E-state index contributed by atoms with van der Waals surface area (Å²) in [6.45, 7) is 2.86. The number of nitrogen functional groups attached to an aromatic ring is 1. The van der Waals surface area contributed by atoms with Gasteiger partial charge in [0.25, 0.3) is 0 Å². The molecule has 0 saturated heterocycles. The van der Waals surface area contributed by atoms with E-state index in [1.807, 2.05) is 31.2 Å². The average molecular weight is 245 g/mol. The summed E-state index contributed by atoms with van der Waals surface area (Å²) in [4.78, 5) is 8.07. The molecule has 94 valence electrons. The number of hydrogen-bond donors (Lipinski definition) is 1. The molecule has 0 unspecified atom stereocenters. The highest BCUT2D eigenvalue weighted by Crippen LogP contribution is 2.26. The molecule has 0 bridgehead atoms. The molecule has 2 rings (SSSR count). The van der Waals surface area contributed by atoms with Crippen LogP contribution in [0.4, 0.5) is 5.82 Å². The maximum Gasteiger partial charge on any atom is 0.161 e. The smallest absolute Gasteiger partial charge is 0.161 e. The zero-order valence-corrected chi connectivity index (χ0v) is 10.2. The van der Waals surface area contributed by atoms with Gasteiger partial charge in [0.1, 0.15) is 12.4 Å². The average Bonchev–Trinajstić information content (AvgIpc) is 2.40. The molecule has 0 atom stereocenters. The minimum atomic E-state index is 0.331. The van der Waals surface area contributed by atoms with Crippen LogP contribution in [0.5, 0.6) is 11.5 Å². The van der Waals surface area contributed by atoms with E-state index < -0.39 is 0 Å². The van der Waals surface area contributed by atoms with Crippen molar-refractivity contribution in [3.8, 4) is 11.5 Å². The lowest BCUT2D eigenvalue weighted by Gasteiger charge is -2.10. The minimum absolute atomic E-state index is 0.331. The third-order valence-corrected chi connectivity index (χ3v) is 2.25. The summed E-state index contributed by atoms with van der Waals surface area (Å²) in [6.07, 6.45) is 3.10. The predicted octanol–water partition coefficient (Wildman–Crippen LogP) is 2.04. The number of rotatable bonds is 5. The Bertz CT molecular complexity index is 500. The number of aromatic nitrogens is 2. The van der Waals surface area contributed by atoms with Gasteiger partial charge in [-0.2, -0.15) is 0 Å². The van der Waals surface area contributed by atoms with E-state index >= 15 is 0 Å². The highest BCUT2D eigenvalue weighted by Gasteiger charge is 2.04. The molecule has 0 amide bonds. The van der Waals surface area contributed by atoms with Crippen LogP contribution in [-0.2, 0) is 6.61 Å². The standard InChI is InChI=1S/C13H15N3O2/c1-2-17-11-5-3-4-6-12(11)18-9-10-7-16-13(14)8-15-10/h3-8H,2,9H2,1H3,(H2,14,16). The number of hydrogen-bond acceptors (Lipinski definition) is 5. The molecule has 0 fully saturated rings. The van der Waals surface area contributed by atoms with Gasteiger partial charge in [-0.15, -0.1) is 0 Å².